The van der Waals surface area contributed by atoms with Crippen LogP contribution in [0.2, 0.25) is 0 Å². The molecular weight excluding hydrogens is 196 g/mol. The van der Waals surface area contributed by atoms with E-state index in [2.05, 4.69) is 5.32 Å². The Morgan fingerprint density at radius 2 is 2.27 bits per heavy atom. The second kappa shape index (κ2) is 4.81. The first-order valence-corrected chi connectivity index (χ1v) is 5.22. The molecule has 0 aromatic rings. The van der Waals surface area contributed by atoms with Gasteiger partial charge in [-0.2, -0.15) is 0 Å². The first-order chi connectivity index (χ1) is 6.88. The SMILES string of the molecule is CC(C)(C)OC(=O)NC[C@@H]1OCC[C@@H]1N. The van der Waals surface area contributed by atoms with Crippen molar-refractivity contribution >= 4 is 6.09 Å². The van der Waals surface area contributed by atoms with E-state index in [9.17, 15) is 4.79 Å². The molecule has 1 heterocycles. The van der Waals surface area contributed by atoms with Crippen molar-refractivity contribution in [1.29, 1.82) is 0 Å². The standard InChI is InChI=1S/C10H20N2O3/c1-10(2,3)15-9(13)12-6-8-7(11)4-5-14-8/h7-8H,4-6,11H2,1-3H3,(H,12,13)/t7-,8-/m0/s1. The van der Waals surface area contributed by atoms with Gasteiger partial charge in [0, 0.05) is 19.2 Å². The summed E-state index contributed by atoms with van der Waals surface area (Å²) in [4.78, 5) is 11.3. The Balaban J connectivity index is 2.22. The van der Waals surface area contributed by atoms with Crippen molar-refractivity contribution in [2.45, 2.75) is 44.9 Å². The normalized spacial score (nSPS) is 26.4. The summed E-state index contributed by atoms with van der Waals surface area (Å²) in [6.07, 6.45) is 0.337. The molecule has 15 heavy (non-hydrogen) atoms. The van der Waals surface area contributed by atoms with E-state index >= 15 is 0 Å². The van der Waals surface area contributed by atoms with Gasteiger partial charge >= 0.3 is 6.09 Å². The summed E-state index contributed by atoms with van der Waals surface area (Å²) in [7, 11) is 0. The molecule has 0 aromatic carbocycles. The maximum absolute atomic E-state index is 11.3. The molecule has 1 amide bonds. The molecule has 1 aliphatic heterocycles. The average molecular weight is 216 g/mol. The number of hydrogen-bond acceptors (Lipinski definition) is 4. The summed E-state index contributed by atoms with van der Waals surface area (Å²) < 4.78 is 10.4. The van der Waals surface area contributed by atoms with E-state index < -0.39 is 11.7 Å². The zero-order chi connectivity index (χ0) is 11.5. The van der Waals surface area contributed by atoms with Gasteiger partial charge in [-0.3, -0.25) is 0 Å². The van der Waals surface area contributed by atoms with Gasteiger partial charge in [0.05, 0.1) is 6.10 Å². The van der Waals surface area contributed by atoms with E-state index in [1.807, 2.05) is 20.8 Å². The largest absolute Gasteiger partial charge is 0.444 e. The molecule has 0 saturated carbocycles. The number of alkyl carbamates (subject to hydrolysis) is 1. The van der Waals surface area contributed by atoms with Crippen molar-refractivity contribution in [3.05, 3.63) is 0 Å². The fourth-order valence-corrected chi connectivity index (χ4v) is 1.37. The molecular formula is C10H20N2O3. The van der Waals surface area contributed by atoms with Gasteiger partial charge in [-0.05, 0) is 27.2 Å². The molecule has 0 unspecified atom stereocenters. The van der Waals surface area contributed by atoms with Crippen molar-refractivity contribution < 1.29 is 14.3 Å². The van der Waals surface area contributed by atoms with Crippen LogP contribution in [0, 0.1) is 0 Å². The van der Waals surface area contributed by atoms with Crippen LogP contribution in [-0.4, -0.2) is 37.0 Å². The Hall–Kier alpha value is -0.810. The minimum Gasteiger partial charge on any atom is -0.444 e. The third kappa shape index (κ3) is 4.48. The maximum Gasteiger partial charge on any atom is 0.407 e. The molecule has 0 aromatic heterocycles. The first-order valence-electron chi connectivity index (χ1n) is 5.22. The Morgan fingerprint density at radius 1 is 1.60 bits per heavy atom. The number of hydrogen-bond donors (Lipinski definition) is 2. The van der Waals surface area contributed by atoms with Gasteiger partial charge in [-0.25, -0.2) is 4.79 Å². The molecule has 0 aliphatic carbocycles. The van der Waals surface area contributed by atoms with Crippen molar-refractivity contribution in [3.63, 3.8) is 0 Å². The molecule has 3 N–H and O–H groups in total. The fourth-order valence-electron chi connectivity index (χ4n) is 1.37. The van der Waals surface area contributed by atoms with Crippen LogP contribution in [0.5, 0.6) is 0 Å². The third-order valence-electron chi connectivity index (χ3n) is 2.11. The Bertz CT molecular complexity index is 225. The summed E-state index contributed by atoms with van der Waals surface area (Å²) in [6, 6.07) is 0.0138. The Labute approximate surface area is 90.3 Å². The Kier molecular flexibility index (Phi) is 3.93. The number of nitrogens with two attached hydrogens (primary N) is 1. The van der Waals surface area contributed by atoms with Gasteiger partial charge in [0.1, 0.15) is 5.60 Å². The molecule has 0 radical (unpaired) electrons. The van der Waals surface area contributed by atoms with Gasteiger partial charge in [-0.1, -0.05) is 0 Å². The van der Waals surface area contributed by atoms with Crippen LogP contribution in [0.25, 0.3) is 0 Å². The molecule has 1 aliphatic rings. The predicted octanol–water partition coefficient (Wildman–Crippen LogP) is 0.627. The maximum atomic E-state index is 11.3. The Morgan fingerprint density at radius 3 is 2.73 bits per heavy atom. The predicted molar refractivity (Wildman–Crippen MR) is 56.6 cm³/mol. The van der Waals surface area contributed by atoms with Gasteiger partial charge < -0.3 is 20.5 Å². The van der Waals surface area contributed by atoms with E-state index in [0.717, 1.165) is 6.42 Å². The number of ether oxygens (including phenoxy) is 2. The smallest absolute Gasteiger partial charge is 0.407 e. The zero-order valence-electron chi connectivity index (χ0n) is 9.58. The van der Waals surface area contributed by atoms with E-state index in [1.54, 1.807) is 0 Å². The van der Waals surface area contributed by atoms with Gasteiger partial charge in [0.2, 0.25) is 0 Å². The highest BCUT2D eigenvalue weighted by Crippen LogP contribution is 2.11. The highest BCUT2D eigenvalue weighted by molar-refractivity contribution is 5.67. The monoisotopic (exact) mass is 216 g/mol. The lowest BCUT2D eigenvalue weighted by Gasteiger charge is -2.21. The van der Waals surface area contributed by atoms with Crippen LogP contribution in [0.4, 0.5) is 4.79 Å². The number of amides is 1. The van der Waals surface area contributed by atoms with Crippen molar-refractivity contribution in [2.75, 3.05) is 13.2 Å². The van der Waals surface area contributed by atoms with Crippen LogP contribution in [-0.2, 0) is 9.47 Å². The summed E-state index contributed by atoms with van der Waals surface area (Å²) in [5.41, 5.74) is 5.31. The van der Waals surface area contributed by atoms with Crippen LogP contribution in [0.1, 0.15) is 27.2 Å². The molecule has 2 atom stereocenters. The minimum absolute atomic E-state index is 0.0138. The molecule has 5 heteroatoms. The van der Waals surface area contributed by atoms with Crippen LogP contribution < -0.4 is 11.1 Å². The third-order valence-corrected chi connectivity index (χ3v) is 2.11. The fraction of sp³-hybridized carbons (Fsp3) is 0.900. The van der Waals surface area contributed by atoms with Crippen LogP contribution in [0.3, 0.4) is 0 Å². The summed E-state index contributed by atoms with van der Waals surface area (Å²) >= 11 is 0. The molecule has 0 bridgehead atoms. The first kappa shape index (κ1) is 12.3. The zero-order valence-corrected chi connectivity index (χ0v) is 9.58. The van der Waals surface area contributed by atoms with Crippen LogP contribution in [0.15, 0.2) is 0 Å². The lowest BCUT2D eigenvalue weighted by Crippen LogP contribution is -2.42. The summed E-state index contributed by atoms with van der Waals surface area (Å²) in [6.45, 7) is 6.55. The van der Waals surface area contributed by atoms with Crippen LogP contribution >= 0.6 is 0 Å². The summed E-state index contributed by atoms with van der Waals surface area (Å²) in [5.74, 6) is 0. The minimum atomic E-state index is -0.470. The average Bonchev–Trinajstić information content (AvgIpc) is 2.44. The van der Waals surface area contributed by atoms with Crippen molar-refractivity contribution in [1.82, 2.24) is 5.32 Å². The number of carbonyl (C=O) groups excluding carboxylic acids is 1. The van der Waals surface area contributed by atoms with Gasteiger partial charge in [0.15, 0.2) is 0 Å². The summed E-state index contributed by atoms with van der Waals surface area (Å²) in [5, 5.41) is 2.65. The quantitative estimate of drug-likeness (QED) is 0.710. The van der Waals surface area contributed by atoms with E-state index in [1.165, 1.54) is 0 Å². The van der Waals surface area contributed by atoms with Gasteiger partial charge in [0.25, 0.3) is 0 Å². The lowest BCUT2D eigenvalue weighted by molar-refractivity contribution is 0.0462. The molecule has 88 valence electrons. The molecule has 1 saturated heterocycles. The topological polar surface area (TPSA) is 73.6 Å². The second-order valence-corrected chi connectivity index (χ2v) is 4.74. The number of nitrogens with one attached hydrogen (secondary N) is 1. The molecule has 1 fully saturated rings. The number of carbonyl (C=O) groups is 1. The van der Waals surface area contributed by atoms with Gasteiger partial charge in [-0.15, -0.1) is 0 Å². The van der Waals surface area contributed by atoms with E-state index in [0.29, 0.717) is 13.2 Å². The highest BCUT2D eigenvalue weighted by Gasteiger charge is 2.25. The van der Waals surface area contributed by atoms with E-state index in [4.69, 9.17) is 15.2 Å². The second-order valence-electron chi connectivity index (χ2n) is 4.74. The number of rotatable bonds is 2. The molecule has 0 spiro atoms. The molecule has 5 nitrogen and oxygen atoms in total. The lowest BCUT2D eigenvalue weighted by atomic mass is 10.1. The van der Waals surface area contributed by atoms with E-state index in [-0.39, 0.29) is 12.1 Å². The highest BCUT2D eigenvalue weighted by atomic mass is 16.6. The van der Waals surface area contributed by atoms with Crippen molar-refractivity contribution in [2.24, 2.45) is 5.73 Å². The molecule has 1 rings (SSSR count). The van der Waals surface area contributed by atoms with Crippen molar-refractivity contribution in [3.8, 4) is 0 Å².